The van der Waals surface area contributed by atoms with E-state index in [9.17, 15) is 9.59 Å². The number of amides is 2. The number of nitrogens with zero attached hydrogens (tertiary/aromatic N) is 2. The lowest BCUT2D eigenvalue weighted by Crippen LogP contribution is -2.40. The van der Waals surface area contributed by atoms with Gasteiger partial charge in [0.2, 0.25) is 0 Å². The minimum Gasteiger partial charge on any atom is -0.449 e. The Hall–Kier alpha value is -2.24. The van der Waals surface area contributed by atoms with Crippen molar-refractivity contribution in [1.29, 1.82) is 0 Å². The van der Waals surface area contributed by atoms with E-state index in [0.717, 1.165) is 31.4 Å². The maximum absolute atomic E-state index is 12.3. The van der Waals surface area contributed by atoms with Crippen LogP contribution in [-0.2, 0) is 15.9 Å². The van der Waals surface area contributed by atoms with Gasteiger partial charge in [0.15, 0.2) is 0 Å². The summed E-state index contributed by atoms with van der Waals surface area (Å²) in [5.41, 5.74) is 2.17. The molecule has 2 aliphatic rings. The molecule has 1 saturated heterocycles. The van der Waals surface area contributed by atoms with Crippen LogP contribution in [0.15, 0.2) is 24.3 Å². The summed E-state index contributed by atoms with van der Waals surface area (Å²) >= 11 is 0. The van der Waals surface area contributed by atoms with Crippen molar-refractivity contribution in [2.24, 2.45) is 5.92 Å². The van der Waals surface area contributed by atoms with Crippen molar-refractivity contribution in [1.82, 2.24) is 4.90 Å². The molecule has 6 heteroatoms. The number of ether oxygens (including phenoxy) is 2. The third-order valence-corrected chi connectivity index (χ3v) is 5.07. The monoisotopic (exact) mass is 360 g/mol. The number of piperidine rings is 1. The first-order valence-corrected chi connectivity index (χ1v) is 9.52. The van der Waals surface area contributed by atoms with Gasteiger partial charge in [-0.15, -0.1) is 0 Å². The van der Waals surface area contributed by atoms with Gasteiger partial charge in [0.25, 0.3) is 0 Å². The van der Waals surface area contributed by atoms with Crippen molar-refractivity contribution in [3.63, 3.8) is 0 Å². The second-order valence-corrected chi connectivity index (χ2v) is 7.30. The molecule has 1 fully saturated rings. The molecule has 0 bridgehead atoms. The van der Waals surface area contributed by atoms with Crippen LogP contribution < -0.4 is 4.90 Å². The van der Waals surface area contributed by atoms with E-state index >= 15 is 0 Å². The Morgan fingerprint density at radius 2 is 1.85 bits per heavy atom. The number of carbonyl (C=O) groups is 2. The zero-order chi connectivity index (χ0) is 18.5. The van der Waals surface area contributed by atoms with Gasteiger partial charge in [-0.3, -0.25) is 4.90 Å². The SMILES string of the molecule is CC(C)OC(=O)N1CCC(CCOC(=O)N2CCc3ccccc32)CC1. The number of para-hydroxylation sites is 1. The van der Waals surface area contributed by atoms with Gasteiger partial charge in [-0.2, -0.15) is 0 Å². The number of carbonyl (C=O) groups excluding carboxylic acids is 2. The minimum atomic E-state index is -0.257. The second-order valence-electron chi connectivity index (χ2n) is 7.30. The van der Waals surface area contributed by atoms with Crippen molar-refractivity contribution in [2.45, 2.75) is 45.6 Å². The molecule has 1 aromatic rings. The summed E-state index contributed by atoms with van der Waals surface area (Å²) in [6.07, 6.45) is 3.01. The van der Waals surface area contributed by atoms with Crippen LogP contribution in [0.2, 0.25) is 0 Å². The number of hydrogen-bond donors (Lipinski definition) is 0. The third kappa shape index (κ3) is 4.48. The molecule has 0 N–H and O–H groups in total. The Bertz CT molecular complexity index is 638. The summed E-state index contributed by atoms with van der Waals surface area (Å²) in [6.45, 7) is 6.26. The summed E-state index contributed by atoms with van der Waals surface area (Å²) in [7, 11) is 0. The van der Waals surface area contributed by atoms with E-state index in [4.69, 9.17) is 9.47 Å². The molecule has 26 heavy (non-hydrogen) atoms. The maximum Gasteiger partial charge on any atom is 0.414 e. The molecule has 2 amide bonds. The van der Waals surface area contributed by atoms with E-state index in [-0.39, 0.29) is 18.3 Å². The van der Waals surface area contributed by atoms with Crippen LogP contribution in [0.3, 0.4) is 0 Å². The highest BCUT2D eigenvalue weighted by Crippen LogP contribution is 2.28. The first kappa shape index (κ1) is 18.5. The van der Waals surface area contributed by atoms with Gasteiger partial charge in [0, 0.05) is 19.6 Å². The Morgan fingerprint density at radius 1 is 1.12 bits per heavy atom. The van der Waals surface area contributed by atoms with Crippen molar-refractivity contribution >= 4 is 17.9 Å². The highest BCUT2D eigenvalue weighted by atomic mass is 16.6. The lowest BCUT2D eigenvalue weighted by atomic mass is 9.94. The zero-order valence-electron chi connectivity index (χ0n) is 15.6. The molecule has 0 spiro atoms. The Kier molecular flexibility index (Phi) is 6.01. The smallest absolute Gasteiger partial charge is 0.414 e. The van der Waals surface area contributed by atoms with Crippen LogP contribution in [0.25, 0.3) is 0 Å². The van der Waals surface area contributed by atoms with Crippen molar-refractivity contribution in [3.8, 4) is 0 Å². The van der Waals surface area contributed by atoms with Crippen LogP contribution in [-0.4, -0.2) is 49.4 Å². The Balaban J connectivity index is 1.37. The van der Waals surface area contributed by atoms with E-state index in [0.29, 0.717) is 32.2 Å². The topological polar surface area (TPSA) is 59.1 Å². The molecule has 3 rings (SSSR count). The van der Waals surface area contributed by atoms with Crippen molar-refractivity contribution in [2.75, 3.05) is 31.1 Å². The average molecular weight is 360 g/mol. The van der Waals surface area contributed by atoms with Gasteiger partial charge in [-0.25, -0.2) is 9.59 Å². The summed E-state index contributed by atoms with van der Waals surface area (Å²) < 4.78 is 10.7. The van der Waals surface area contributed by atoms with Crippen LogP contribution in [0.1, 0.15) is 38.7 Å². The minimum absolute atomic E-state index is 0.0876. The number of benzene rings is 1. The van der Waals surface area contributed by atoms with Gasteiger partial charge in [0.05, 0.1) is 18.4 Å². The highest BCUT2D eigenvalue weighted by molar-refractivity contribution is 5.90. The average Bonchev–Trinajstić information content (AvgIpc) is 3.06. The fourth-order valence-corrected chi connectivity index (χ4v) is 3.60. The second kappa shape index (κ2) is 8.43. The molecule has 2 aliphatic heterocycles. The molecular formula is C20H28N2O4. The van der Waals surface area contributed by atoms with E-state index in [1.165, 1.54) is 5.56 Å². The van der Waals surface area contributed by atoms with E-state index in [1.807, 2.05) is 32.0 Å². The zero-order valence-corrected chi connectivity index (χ0v) is 15.6. The number of anilines is 1. The fraction of sp³-hybridized carbons (Fsp3) is 0.600. The van der Waals surface area contributed by atoms with E-state index in [2.05, 4.69) is 6.07 Å². The third-order valence-electron chi connectivity index (χ3n) is 5.07. The summed E-state index contributed by atoms with van der Waals surface area (Å²) in [4.78, 5) is 27.7. The number of likely N-dealkylation sites (tertiary alicyclic amines) is 1. The van der Waals surface area contributed by atoms with Gasteiger partial charge >= 0.3 is 12.2 Å². The summed E-state index contributed by atoms with van der Waals surface area (Å²) in [6, 6.07) is 7.97. The quantitative estimate of drug-likeness (QED) is 0.819. The van der Waals surface area contributed by atoms with Crippen LogP contribution in [0.5, 0.6) is 0 Å². The molecule has 0 aliphatic carbocycles. The molecule has 142 valence electrons. The molecular weight excluding hydrogens is 332 g/mol. The predicted octanol–water partition coefficient (Wildman–Crippen LogP) is 3.83. The molecule has 0 saturated carbocycles. The van der Waals surface area contributed by atoms with Crippen LogP contribution in [0, 0.1) is 5.92 Å². The lowest BCUT2D eigenvalue weighted by molar-refractivity contribution is 0.0628. The molecule has 0 aromatic heterocycles. The molecule has 0 radical (unpaired) electrons. The number of fused-ring (bicyclic) bond motifs is 1. The largest absolute Gasteiger partial charge is 0.449 e. The normalized spacial score (nSPS) is 17.3. The molecule has 1 aromatic carbocycles. The van der Waals surface area contributed by atoms with Gasteiger partial charge < -0.3 is 14.4 Å². The van der Waals surface area contributed by atoms with Crippen molar-refractivity contribution in [3.05, 3.63) is 29.8 Å². The summed E-state index contributed by atoms with van der Waals surface area (Å²) in [5, 5.41) is 0. The maximum atomic E-state index is 12.3. The van der Waals surface area contributed by atoms with E-state index < -0.39 is 0 Å². The van der Waals surface area contributed by atoms with Crippen LogP contribution >= 0.6 is 0 Å². The van der Waals surface area contributed by atoms with Gasteiger partial charge in [0.1, 0.15) is 0 Å². The van der Waals surface area contributed by atoms with Gasteiger partial charge in [-0.05, 0) is 57.1 Å². The van der Waals surface area contributed by atoms with Crippen molar-refractivity contribution < 1.29 is 19.1 Å². The summed E-state index contributed by atoms with van der Waals surface area (Å²) in [5.74, 6) is 0.483. The molecule has 6 nitrogen and oxygen atoms in total. The predicted molar refractivity (Wildman–Crippen MR) is 99.4 cm³/mol. The highest BCUT2D eigenvalue weighted by Gasteiger charge is 2.27. The van der Waals surface area contributed by atoms with Gasteiger partial charge in [-0.1, -0.05) is 18.2 Å². The fourth-order valence-electron chi connectivity index (χ4n) is 3.60. The first-order chi connectivity index (χ1) is 12.5. The lowest BCUT2D eigenvalue weighted by Gasteiger charge is -2.31. The molecule has 0 unspecified atom stereocenters. The van der Waals surface area contributed by atoms with E-state index in [1.54, 1.807) is 9.80 Å². The standard InChI is InChI=1S/C20H28N2O4/c1-15(2)26-19(23)21-11-7-16(8-12-21)10-14-25-20(24)22-13-9-17-5-3-4-6-18(17)22/h3-6,15-16H,7-14H2,1-2H3. The first-order valence-electron chi connectivity index (χ1n) is 9.52. The van der Waals surface area contributed by atoms with Crippen LogP contribution in [0.4, 0.5) is 15.3 Å². The number of rotatable bonds is 4. The molecule has 2 heterocycles. The number of hydrogen-bond acceptors (Lipinski definition) is 4. The Morgan fingerprint density at radius 3 is 2.58 bits per heavy atom. The Labute approximate surface area is 155 Å². The molecule has 0 atom stereocenters.